The number of aliphatic hydroxyl groups is 1. The first-order valence-electron chi connectivity index (χ1n) is 14.3. The van der Waals surface area contributed by atoms with E-state index in [-0.39, 0.29) is 24.2 Å². The fraction of sp³-hybridized carbons (Fsp3) is 0.467. The van der Waals surface area contributed by atoms with Crippen molar-refractivity contribution in [3.63, 3.8) is 0 Å². The van der Waals surface area contributed by atoms with Crippen molar-refractivity contribution in [2.24, 2.45) is 0 Å². The summed E-state index contributed by atoms with van der Waals surface area (Å²) in [5.74, 6) is 1.95. The molecule has 4 atom stereocenters. The summed E-state index contributed by atoms with van der Waals surface area (Å²) in [5.41, 5.74) is 3.18. The fourth-order valence-electron chi connectivity index (χ4n) is 5.77. The topological polar surface area (TPSA) is 125 Å². The zero-order valence-electron chi connectivity index (χ0n) is 23.5. The lowest BCUT2D eigenvalue weighted by atomic mass is 10.1. The smallest absolute Gasteiger partial charge is 0.323 e. The number of ether oxygens (including phenoxy) is 2. The highest BCUT2D eigenvalue weighted by molar-refractivity contribution is 5.99. The van der Waals surface area contributed by atoms with Crippen molar-refractivity contribution >= 4 is 29.3 Å². The molecule has 3 fully saturated rings. The van der Waals surface area contributed by atoms with Gasteiger partial charge in [0.25, 0.3) is 0 Å². The van der Waals surface area contributed by atoms with Gasteiger partial charge in [-0.2, -0.15) is 15.0 Å². The third-order valence-electron chi connectivity index (χ3n) is 7.85. The van der Waals surface area contributed by atoms with Crippen LogP contribution in [0.15, 0.2) is 48.5 Å². The predicted octanol–water partition coefficient (Wildman–Crippen LogP) is 3.70. The molecule has 216 valence electrons. The molecule has 1 aromatic heterocycles. The van der Waals surface area contributed by atoms with E-state index in [1.807, 2.05) is 48.5 Å². The van der Waals surface area contributed by atoms with Crippen molar-refractivity contribution < 1.29 is 19.4 Å². The van der Waals surface area contributed by atoms with Gasteiger partial charge in [-0.15, -0.1) is 0 Å². The van der Waals surface area contributed by atoms with E-state index in [4.69, 9.17) is 24.4 Å². The lowest BCUT2D eigenvalue weighted by Gasteiger charge is -2.36. The Balaban J connectivity index is 1.20. The van der Waals surface area contributed by atoms with Crippen LogP contribution in [0.25, 0.3) is 11.4 Å². The van der Waals surface area contributed by atoms with Crippen LogP contribution in [0.3, 0.4) is 0 Å². The van der Waals surface area contributed by atoms with Crippen LogP contribution in [0, 0.1) is 0 Å². The summed E-state index contributed by atoms with van der Waals surface area (Å²) in [6, 6.07) is 15.3. The quantitative estimate of drug-likeness (QED) is 0.397. The van der Waals surface area contributed by atoms with Crippen LogP contribution in [0.1, 0.15) is 32.3 Å². The zero-order chi connectivity index (χ0) is 28.3. The Kier molecular flexibility index (Phi) is 8.00. The summed E-state index contributed by atoms with van der Waals surface area (Å²) in [7, 11) is 0. The number of aromatic nitrogens is 3. The van der Waals surface area contributed by atoms with Crippen LogP contribution in [0.5, 0.6) is 0 Å². The molecule has 3 saturated heterocycles. The molecule has 41 heavy (non-hydrogen) atoms. The summed E-state index contributed by atoms with van der Waals surface area (Å²) in [6.45, 7) is 7.25. The van der Waals surface area contributed by atoms with Crippen LogP contribution in [-0.2, 0) is 15.9 Å². The monoisotopic (exact) mass is 559 g/mol. The van der Waals surface area contributed by atoms with Gasteiger partial charge in [0.2, 0.25) is 11.9 Å². The van der Waals surface area contributed by atoms with Gasteiger partial charge < -0.3 is 35.0 Å². The number of morpholine rings is 2. The van der Waals surface area contributed by atoms with Gasteiger partial charge in [-0.3, -0.25) is 0 Å². The lowest BCUT2D eigenvalue weighted by Crippen LogP contribution is -2.48. The maximum atomic E-state index is 12.6. The number of benzene rings is 2. The Hall–Kier alpha value is -3.80. The SMILES string of the molecule is CC(O)Cc1ccc(NC(=O)Nc2ccc(-c3nc(N4CCOCC4C)nc(N4C5CCC4COC5)n3)cc2)cc1. The Morgan fingerprint density at radius 2 is 1.56 bits per heavy atom. The number of nitrogens with one attached hydrogen (secondary N) is 2. The van der Waals surface area contributed by atoms with Crippen molar-refractivity contribution in [1.29, 1.82) is 0 Å². The molecule has 2 amide bonds. The van der Waals surface area contributed by atoms with Crippen LogP contribution in [-0.4, -0.2) is 83.3 Å². The first-order valence-corrected chi connectivity index (χ1v) is 14.3. The van der Waals surface area contributed by atoms with Crippen molar-refractivity contribution in [2.45, 2.75) is 57.3 Å². The van der Waals surface area contributed by atoms with Crippen LogP contribution >= 0.6 is 0 Å². The van der Waals surface area contributed by atoms with Crippen LogP contribution < -0.4 is 20.4 Å². The van der Waals surface area contributed by atoms with E-state index in [1.165, 1.54) is 0 Å². The van der Waals surface area contributed by atoms with Gasteiger partial charge in [0, 0.05) is 23.5 Å². The lowest BCUT2D eigenvalue weighted by molar-refractivity contribution is 0.0895. The number of carbonyl (C=O) groups is 1. The molecule has 0 aliphatic carbocycles. The number of amides is 2. The summed E-state index contributed by atoms with van der Waals surface area (Å²) >= 11 is 0. The minimum Gasteiger partial charge on any atom is -0.393 e. The molecule has 2 aromatic carbocycles. The fourth-order valence-corrected chi connectivity index (χ4v) is 5.77. The van der Waals surface area contributed by atoms with E-state index in [0.29, 0.717) is 61.9 Å². The molecule has 0 saturated carbocycles. The third kappa shape index (κ3) is 6.27. The minimum absolute atomic E-state index is 0.160. The molecule has 11 heteroatoms. The first kappa shape index (κ1) is 27.4. The molecule has 3 aromatic rings. The molecule has 3 N–H and O–H groups in total. The summed E-state index contributed by atoms with van der Waals surface area (Å²) in [6.07, 6.45) is 2.31. The first-order chi connectivity index (χ1) is 19.9. The van der Waals surface area contributed by atoms with Crippen LogP contribution in [0.2, 0.25) is 0 Å². The van der Waals surface area contributed by atoms with Gasteiger partial charge in [-0.25, -0.2) is 4.79 Å². The van der Waals surface area contributed by atoms with Gasteiger partial charge in [-0.1, -0.05) is 12.1 Å². The summed E-state index contributed by atoms with van der Waals surface area (Å²) in [4.78, 5) is 31.9. The van der Waals surface area contributed by atoms with Gasteiger partial charge in [0.05, 0.1) is 50.7 Å². The Morgan fingerprint density at radius 3 is 2.20 bits per heavy atom. The Morgan fingerprint density at radius 1 is 0.927 bits per heavy atom. The average molecular weight is 560 g/mol. The second-order valence-electron chi connectivity index (χ2n) is 11.1. The maximum Gasteiger partial charge on any atom is 0.323 e. The number of aliphatic hydroxyl groups excluding tert-OH is 1. The number of fused-ring (bicyclic) bond motifs is 2. The number of carbonyl (C=O) groups excluding carboxylic acids is 1. The molecule has 0 spiro atoms. The van der Waals surface area contributed by atoms with Crippen molar-refractivity contribution in [3.05, 3.63) is 54.1 Å². The van der Waals surface area contributed by atoms with E-state index < -0.39 is 6.10 Å². The van der Waals surface area contributed by atoms with E-state index in [0.717, 1.165) is 30.5 Å². The number of rotatable bonds is 7. The summed E-state index contributed by atoms with van der Waals surface area (Å²) in [5, 5.41) is 15.3. The normalized spacial score (nSPS) is 22.9. The third-order valence-corrected chi connectivity index (χ3v) is 7.85. The molecular weight excluding hydrogens is 522 g/mol. The molecule has 3 aliphatic rings. The number of anilines is 4. The van der Waals surface area contributed by atoms with E-state index in [9.17, 15) is 9.90 Å². The molecule has 4 heterocycles. The Labute approximate surface area is 239 Å². The minimum atomic E-state index is -0.409. The summed E-state index contributed by atoms with van der Waals surface area (Å²) < 4.78 is 11.5. The standard InChI is InChI=1S/C30H37N7O4/c1-19-16-40-14-13-36(19)28-33-27(34-29(35-28)37-25-11-12-26(37)18-41-17-25)22-5-9-24(10-6-22)32-30(39)31-23-7-3-21(4-8-23)15-20(2)38/h3-10,19-20,25-26,38H,11-18H2,1-2H3,(H2,31,32,39). The highest BCUT2D eigenvalue weighted by Crippen LogP contribution is 2.34. The van der Waals surface area contributed by atoms with E-state index in [2.05, 4.69) is 27.4 Å². The van der Waals surface area contributed by atoms with Gasteiger partial charge in [0.15, 0.2) is 5.82 Å². The van der Waals surface area contributed by atoms with Gasteiger partial charge in [0.1, 0.15) is 0 Å². The molecule has 6 rings (SSSR count). The maximum absolute atomic E-state index is 12.6. The molecule has 0 radical (unpaired) electrons. The van der Waals surface area contributed by atoms with E-state index in [1.54, 1.807) is 6.92 Å². The van der Waals surface area contributed by atoms with Crippen molar-refractivity contribution in [2.75, 3.05) is 53.4 Å². The highest BCUT2D eigenvalue weighted by atomic mass is 16.5. The Bertz CT molecular complexity index is 1340. The largest absolute Gasteiger partial charge is 0.393 e. The number of hydrogen-bond acceptors (Lipinski definition) is 9. The number of hydrogen-bond donors (Lipinski definition) is 3. The molecular formula is C30H37N7O4. The molecule has 2 bridgehead atoms. The number of nitrogens with zero attached hydrogens (tertiary/aromatic N) is 5. The molecule has 3 aliphatic heterocycles. The zero-order valence-corrected chi connectivity index (χ0v) is 23.5. The number of urea groups is 1. The predicted molar refractivity (Wildman–Crippen MR) is 157 cm³/mol. The van der Waals surface area contributed by atoms with Crippen molar-refractivity contribution in [1.82, 2.24) is 15.0 Å². The molecule has 11 nitrogen and oxygen atoms in total. The second-order valence-corrected chi connectivity index (χ2v) is 11.1. The average Bonchev–Trinajstić information content (AvgIpc) is 3.22. The van der Waals surface area contributed by atoms with Gasteiger partial charge >= 0.3 is 6.03 Å². The van der Waals surface area contributed by atoms with Crippen molar-refractivity contribution in [3.8, 4) is 11.4 Å². The molecule has 4 unspecified atom stereocenters. The second kappa shape index (κ2) is 12.0. The van der Waals surface area contributed by atoms with Gasteiger partial charge in [-0.05, 0) is 75.1 Å². The highest BCUT2D eigenvalue weighted by Gasteiger charge is 2.39. The van der Waals surface area contributed by atoms with Crippen LogP contribution in [0.4, 0.5) is 28.1 Å². The van der Waals surface area contributed by atoms with E-state index >= 15 is 0 Å².